The normalized spacial score (nSPS) is 15.7. The smallest absolute Gasteiger partial charge is 0.341 e. The maximum absolute atomic E-state index is 12.8. The summed E-state index contributed by atoms with van der Waals surface area (Å²) < 4.78 is 5.23. The first-order chi connectivity index (χ1) is 15.0. The lowest BCUT2D eigenvalue weighted by atomic mass is 9.95. The molecule has 1 N–H and O–H groups in total. The number of hydrogen-bond acceptors (Lipinski definition) is 7. The largest absolute Gasteiger partial charge is 0.462 e. The van der Waals surface area contributed by atoms with Crippen LogP contribution in [0.3, 0.4) is 0 Å². The van der Waals surface area contributed by atoms with Crippen LogP contribution in [0.1, 0.15) is 56.5 Å². The van der Waals surface area contributed by atoms with Crippen LogP contribution in [0.25, 0.3) is 0 Å². The molecule has 2 aliphatic rings. The average Bonchev–Trinajstić information content (AvgIpc) is 3.28. The van der Waals surface area contributed by atoms with Gasteiger partial charge in [-0.15, -0.1) is 11.3 Å². The van der Waals surface area contributed by atoms with E-state index in [1.165, 1.54) is 16.2 Å². The fraction of sp³-hybridized carbons (Fsp3) is 0.364. The minimum Gasteiger partial charge on any atom is -0.462 e. The molecule has 162 valence electrons. The van der Waals surface area contributed by atoms with E-state index in [0.717, 1.165) is 53.4 Å². The van der Waals surface area contributed by atoms with E-state index < -0.39 is 5.97 Å². The Labute approximate surface area is 188 Å². The van der Waals surface area contributed by atoms with Crippen LogP contribution in [-0.2, 0) is 28.9 Å². The van der Waals surface area contributed by atoms with Crippen LogP contribution in [0.4, 0.5) is 9.80 Å². The quantitative estimate of drug-likeness (QED) is 0.651. The molecule has 0 spiro atoms. The van der Waals surface area contributed by atoms with Crippen LogP contribution in [-0.4, -0.2) is 40.3 Å². The predicted octanol–water partition coefficient (Wildman–Crippen LogP) is 4.25. The number of carbonyl (C=O) groups excluding carboxylic acids is 4. The summed E-state index contributed by atoms with van der Waals surface area (Å²) in [6.45, 7) is 2.23. The number of rotatable bonds is 6. The lowest BCUT2D eigenvalue weighted by Crippen LogP contribution is -2.27. The van der Waals surface area contributed by atoms with Gasteiger partial charge in [0.1, 0.15) is 5.00 Å². The highest BCUT2D eigenvalue weighted by atomic mass is 32.2. The number of imide groups is 1. The number of aryl methyl sites for hydroxylation is 1. The number of carbonyl (C=O) groups is 4. The molecule has 0 unspecified atom stereocenters. The van der Waals surface area contributed by atoms with Crippen molar-refractivity contribution in [2.24, 2.45) is 0 Å². The van der Waals surface area contributed by atoms with E-state index in [-0.39, 0.29) is 36.0 Å². The zero-order valence-electron chi connectivity index (χ0n) is 17.1. The zero-order valence-corrected chi connectivity index (χ0v) is 18.7. The third kappa shape index (κ3) is 4.52. The average molecular weight is 459 g/mol. The van der Waals surface area contributed by atoms with E-state index in [9.17, 15) is 19.2 Å². The van der Waals surface area contributed by atoms with Gasteiger partial charge in [-0.3, -0.25) is 19.3 Å². The summed E-state index contributed by atoms with van der Waals surface area (Å²) in [7, 11) is 0. The topological polar surface area (TPSA) is 92.8 Å². The number of thiophene rings is 1. The highest BCUT2D eigenvalue weighted by Gasteiger charge is 2.30. The fourth-order valence-electron chi connectivity index (χ4n) is 3.73. The number of nitrogens with zero attached hydrogens (tertiary/aromatic N) is 1. The fourth-order valence-corrected chi connectivity index (χ4v) is 5.72. The molecule has 0 atom stereocenters. The van der Waals surface area contributed by atoms with E-state index in [4.69, 9.17) is 4.74 Å². The van der Waals surface area contributed by atoms with Crippen molar-refractivity contribution in [3.05, 3.63) is 51.4 Å². The second-order valence-corrected chi connectivity index (χ2v) is 9.35. The molecule has 1 aliphatic heterocycles. The first-order valence-corrected chi connectivity index (χ1v) is 12.0. The van der Waals surface area contributed by atoms with Crippen LogP contribution in [0.15, 0.2) is 24.3 Å². The van der Waals surface area contributed by atoms with Crippen LogP contribution in [0.2, 0.25) is 0 Å². The second kappa shape index (κ2) is 9.23. The van der Waals surface area contributed by atoms with Crippen molar-refractivity contribution >= 4 is 51.1 Å². The van der Waals surface area contributed by atoms with E-state index in [1.807, 2.05) is 0 Å². The number of esters is 1. The third-order valence-electron chi connectivity index (χ3n) is 5.28. The Morgan fingerprint density at radius 1 is 1.13 bits per heavy atom. The van der Waals surface area contributed by atoms with Crippen LogP contribution < -0.4 is 5.32 Å². The molecule has 7 nitrogen and oxygen atoms in total. The lowest BCUT2D eigenvalue weighted by Gasteiger charge is -2.13. The summed E-state index contributed by atoms with van der Waals surface area (Å²) in [5.41, 5.74) is 2.67. The van der Waals surface area contributed by atoms with Crippen molar-refractivity contribution in [1.29, 1.82) is 0 Å². The van der Waals surface area contributed by atoms with E-state index in [1.54, 1.807) is 31.2 Å². The molecule has 0 radical (unpaired) electrons. The number of thioether (sulfide) groups is 1. The SMILES string of the molecule is CCOC(=O)c1c(NC(=O)c2ccc(CN3C(=O)CSC3=O)cc2)sc2c1CCCC2. The Balaban J connectivity index is 1.50. The second-order valence-electron chi connectivity index (χ2n) is 7.32. The van der Waals surface area contributed by atoms with Gasteiger partial charge in [0.05, 0.1) is 24.5 Å². The predicted molar refractivity (Wildman–Crippen MR) is 120 cm³/mol. The summed E-state index contributed by atoms with van der Waals surface area (Å²) in [5, 5.41) is 3.17. The molecule has 0 bridgehead atoms. The molecular formula is C22H22N2O5S2. The third-order valence-corrected chi connectivity index (χ3v) is 7.34. The first kappa shape index (κ1) is 21.6. The molecule has 31 heavy (non-hydrogen) atoms. The standard InChI is InChI=1S/C22H22N2O5S2/c1-2-29-21(27)18-15-5-3-4-6-16(15)31-20(18)23-19(26)14-9-7-13(8-10-14)11-24-17(25)12-30-22(24)28/h7-10H,2-6,11-12H2,1H3,(H,23,26). The van der Waals surface area contributed by atoms with Gasteiger partial charge in [0.2, 0.25) is 5.91 Å². The van der Waals surface area contributed by atoms with Gasteiger partial charge < -0.3 is 10.1 Å². The van der Waals surface area contributed by atoms with Crippen LogP contribution in [0.5, 0.6) is 0 Å². The molecule has 2 heterocycles. The Kier molecular flexibility index (Phi) is 6.43. The summed E-state index contributed by atoms with van der Waals surface area (Å²) in [6, 6.07) is 6.76. The van der Waals surface area contributed by atoms with Gasteiger partial charge >= 0.3 is 5.97 Å². The lowest BCUT2D eigenvalue weighted by molar-refractivity contribution is -0.125. The highest BCUT2D eigenvalue weighted by molar-refractivity contribution is 8.14. The van der Waals surface area contributed by atoms with Crippen molar-refractivity contribution in [3.63, 3.8) is 0 Å². The van der Waals surface area contributed by atoms with Gasteiger partial charge in [-0.05, 0) is 55.9 Å². The van der Waals surface area contributed by atoms with Crippen molar-refractivity contribution in [2.45, 2.75) is 39.2 Å². The summed E-state index contributed by atoms with van der Waals surface area (Å²) in [4.78, 5) is 51.3. The molecule has 1 aromatic carbocycles. The van der Waals surface area contributed by atoms with Crippen LogP contribution >= 0.6 is 23.1 Å². The van der Waals surface area contributed by atoms with E-state index in [0.29, 0.717) is 16.1 Å². The summed E-state index contributed by atoms with van der Waals surface area (Å²) in [6.07, 6.45) is 3.82. The molecule has 9 heteroatoms. The Bertz CT molecular complexity index is 1030. The zero-order chi connectivity index (χ0) is 22.0. The Morgan fingerprint density at radius 2 is 1.87 bits per heavy atom. The monoisotopic (exact) mass is 458 g/mol. The molecule has 1 aliphatic carbocycles. The Morgan fingerprint density at radius 3 is 2.55 bits per heavy atom. The Hall–Kier alpha value is -2.65. The van der Waals surface area contributed by atoms with Gasteiger partial charge in [-0.2, -0.15) is 0 Å². The van der Waals surface area contributed by atoms with Crippen LogP contribution in [0, 0.1) is 0 Å². The molecular weight excluding hydrogens is 436 g/mol. The van der Waals surface area contributed by atoms with Gasteiger partial charge in [-0.1, -0.05) is 23.9 Å². The van der Waals surface area contributed by atoms with Crippen molar-refractivity contribution in [1.82, 2.24) is 4.90 Å². The van der Waals surface area contributed by atoms with Gasteiger partial charge in [-0.25, -0.2) is 4.79 Å². The van der Waals surface area contributed by atoms with Crippen molar-refractivity contribution in [3.8, 4) is 0 Å². The molecule has 3 amide bonds. The summed E-state index contributed by atoms with van der Waals surface area (Å²) >= 11 is 2.44. The number of benzene rings is 1. The number of amides is 3. The first-order valence-electron chi connectivity index (χ1n) is 10.2. The maximum Gasteiger partial charge on any atom is 0.341 e. The number of ether oxygens (including phenoxy) is 1. The van der Waals surface area contributed by atoms with Gasteiger partial charge in [0.25, 0.3) is 11.1 Å². The minimum atomic E-state index is -0.398. The molecule has 0 saturated carbocycles. The number of fused-ring (bicyclic) bond motifs is 1. The molecule has 1 aromatic heterocycles. The summed E-state index contributed by atoms with van der Waals surface area (Å²) in [5.74, 6) is -0.748. The number of hydrogen-bond donors (Lipinski definition) is 1. The molecule has 2 aromatic rings. The molecule has 1 saturated heterocycles. The maximum atomic E-state index is 12.8. The van der Waals surface area contributed by atoms with Crippen molar-refractivity contribution in [2.75, 3.05) is 17.7 Å². The van der Waals surface area contributed by atoms with Gasteiger partial charge in [0, 0.05) is 10.4 Å². The van der Waals surface area contributed by atoms with Crippen molar-refractivity contribution < 1.29 is 23.9 Å². The van der Waals surface area contributed by atoms with E-state index >= 15 is 0 Å². The molecule has 4 rings (SSSR count). The van der Waals surface area contributed by atoms with Gasteiger partial charge in [0.15, 0.2) is 0 Å². The van der Waals surface area contributed by atoms with E-state index in [2.05, 4.69) is 5.32 Å². The highest BCUT2D eigenvalue weighted by Crippen LogP contribution is 2.38. The molecule has 1 fully saturated rings. The minimum absolute atomic E-state index is 0.174. The number of nitrogens with one attached hydrogen (secondary N) is 1. The number of anilines is 1.